The molecule has 2 rings (SSSR count). The van der Waals surface area contributed by atoms with E-state index in [1.807, 2.05) is 19.1 Å². The SMILES string of the molecule is COc1ccc(C(=O)C(C)c2ccncc2)c(OC)c1. The van der Waals surface area contributed by atoms with Crippen LogP contribution in [-0.4, -0.2) is 25.0 Å². The molecule has 4 nitrogen and oxygen atoms in total. The largest absolute Gasteiger partial charge is 0.497 e. The first-order valence-electron chi connectivity index (χ1n) is 6.33. The molecule has 2 aromatic rings. The van der Waals surface area contributed by atoms with E-state index in [1.165, 1.54) is 0 Å². The highest BCUT2D eigenvalue weighted by molar-refractivity contribution is 6.03. The van der Waals surface area contributed by atoms with Crippen molar-refractivity contribution in [3.05, 3.63) is 53.9 Å². The maximum atomic E-state index is 12.6. The van der Waals surface area contributed by atoms with Crippen molar-refractivity contribution in [2.45, 2.75) is 12.8 Å². The van der Waals surface area contributed by atoms with Gasteiger partial charge in [0, 0.05) is 24.4 Å². The van der Waals surface area contributed by atoms with E-state index in [4.69, 9.17) is 9.47 Å². The molecule has 0 fully saturated rings. The molecular formula is C16H17NO3. The highest BCUT2D eigenvalue weighted by Gasteiger charge is 2.21. The molecule has 4 heteroatoms. The molecule has 0 saturated heterocycles. The van der Waals surface area contributed by atoms with Gasteiger partial charge in [-0.15, -0.1) is 0 Å². The van der Waals surface area contributed by atoms with Gasteiger partial charge in [-0.05, 0) is 29.8 Å². The number of ether oxygens (including phenoxy) is 2. The summed E-state index contributed by atoms with van der Waals surface area (Å²) in [7, 11) is 3.12. The molecule has 1 atom stereocenters. The molecule has 1 unspecified atom stereocenters. The Balaban J connectivity index is 2.33. The van der Waals surface area contributed by atoms with Gasteiger partial charge in [0.1, 0.15) is 11.5 Å². The summed E-state index contributed by atoms with van der Waals surface area (Å²) in [5.41, 5.74) is 1.49. The summed E-state index contributed by atoms with van der Waals surface area (Å²) in [6.07, 6.45) is 3.37. The lowest BCUT2D eigenvalue weighted by atomic mass is 9.92. The van der Waals surface area contributed by atoms with Gasteiger partial charge in [-0.2, -0.15) is 0 Å². The standard InChI is InChI=1S/C16H17NO3/c1-11(12-6-8-17-9-7-12)16(18)14-5-4-13(19-2)10-15(14)20-3/h4-11H,1-3H3. The monoisotopic (exact) mass is 271 g/mol. The molecular weight excluding hydrogens is 254 g/mol. The van der Waals surface area contributed by atoms with Gasteiger partial charge < -0.3 is 9.47 Å². The number of hydrogen-bond donors (Lipinski definition) is 0. The van der Waals surface area contributed by atoms with Gasteiger partial charge in [-0.1, -0.05) is 6.92 Å². The normalized spacial score (nSPS) is 11.8. The third-order valence-corrected chi connectivity index (χ3v) is 3.27. The second-order valence-electron chi connectivity index (χ2n) is 4.43. The van der Waals surface area contributed by atoms with Gasteiger partial charge in [0.15, 0.2) is 5.78 Å². The maximum Gasteiger partial charge on any atom is 0.173 e. The Labute approximate surface area is 118 Å². The fraction of sp³-hybridized carbons (Fsp3) is 0.250. The van der Waals surface area contributed by atoms with Crippen LogP contribution in [0.3, 0.4) is 0 Å². The molecule has 0 aliphatic heterocycles. The Morgan fingerprint density at radius 1 is 1.10 bits per heavy atom. The van der Waals surface area contributed by atoms with Crippen LogP contribution >= 0.6 is 0 Å². The molecule has 0 aliphatic rings. The van der Waals surface area contributed by atoms with Crippen LogP contribution in [0.25, 0.3) is 0 Å². The molecule has 0 saturated carbocycles. The minimum absolute atomic E-state index is 0.00991. The smallest absolute Gasteiger partial charge is 0.173 e. The number of carbonyl (C=O) groups is 1. The minimum Gasteiger partial charge on any atom is -0.497 e. The number of benzene rings is 1. The van der Waals surface area contributed by atoms with Crippen LogP contribution in [0, 0.1) is 0 Å². The van der Waals surface area contributed by atoms with Crippen molar-refractivity contribution < 1.29 is 14.3 Å². The average Bonchev–Trinajstić information content (AvgIpc) is 2.53. The van der Waals surface area contributed by atoms with Crippen LogP contribution in [0.1, 0.15) is 28.8 Å². The van der Waals surface area contributed by atoms with Crippen LogP contribution in [-0.2, 0) is 0 Å². The molecule has 1 aromatic heterocycles. The zero-order valence-electron chi connectivity index (χ0n) is 11.8. The number of carbonyl (C=O) groups excluding carboxylic acids is 1. The number of nitrogens with zero attached hydrogens (tertiary/aromatic N) is 1. The van der Waals surface area contributed by atoms with E-state index in [2.05, 4.69) is 4.98 Å². The Morgan fingerprint density at radius 3 is 2.40 bits per heavy atom. The average molecular weight is 271 g/mol. The fourth-order valence-electron chi connectivity index (χ4n) is 2.04. The van der Waals surface area contributed by atoms with Crippen molar-refractivity contribution in [1.82, 2.24) is 4.98 Å². The van der Waals surface area contributed by atoms with Crippen LogP contribution in [0.4, 0.5) is 0 Å². The van der Waals surface area contributed by atoms with E-state index in [-0.39, 0.29) is 11.7 Å². The second kappa shape index (κ2) is 6.19. The fourth-order valence-corrected chi connectivity index (χ4v) is 2.04. The van der Waals surface area contributed by atoms with Crippen molar-refractivity contribution in [2.75, 3.05) is 14.2 Å². The minimum atomic E-state index is -0.250. The summed E-state index contributed by atoms with van der Waals surface area (Å²) in [5, 5.41) is 0. The molecule has 0 amide bonds. The van der Waals surface area contributed by atoms with E-state index in [0.717, 1.165) is 5.56 Å². The van der Waals surface area contributed by atoms with E-state index in [0.29, 0.717) is 17.1 Å². The van der Waals surface area contributed by atoms with Gasteiger partial charge in [0.2, 0.25) is 0 Å². The molecule has 104 valence electrons. The maximum absolute atomic E-state index is 12.6. The van der Waals surface area contributed by atoms with Gasteiger partial charge in [0.25, 0.3) is 0 Å². The summed E-state index contributed by atoms with van der Waals surface area (Å²) in [4.78, 5) is 16.5. The number of hydrogen-bond acceptors (Lipinski definition) is 4. The van der Waals surface area contributed by atoms with Crippen molar-refractivity contribution in [3.63, 3.8) is 0 Å². The second-order valence-corrected chi connectivity index (χ2v) is 4.43. The Hall–Kier alpha value is -2.36. The van der Waals surface area contributed by atoms with Gasteiger partial charge in [-0.3, -0.25) is 9.78 Å². The first-order chi connectivity index (χ1) is 9.67. The number of methoxy groups -OCH3 is 2. The summed E-state index contributed by atoms with van der Waals surface area (Å²) in [6.45, 7) is 1.88. The highest BCUT2D eigenvalue weighted by Crippen LogP contribution is 2.29. The molecule has 1 aromatic carbocycles. The third kappa shape index (κ3) is 2.79. The van der Waals surface area contributed by atoms with E-state index < -0.39 is 0 Å². The number of ketones is 1. The van der Waals surface area contributed by atoms with Gasteiger partial charge in [0.05, 0.1) is 19.8 Å². The number of aromatic nitrogens is 1. The molecule has 0 bridgehead atoms. The number of rotatable bonds is 5. The lowest BCUT2D eigenvalue weighted by Gasteiger charge is -2.14. The quantitative estimate of drug-likeness (QED) is 0.784. The molecule has 0 spiro atoms. The summed E-state index contributed by atoms with van der Waals surface area (Å²) < 4.78 is 10.4. The van der Waals surface area contributed by atoms with Crippen molar-refractivity contribution in [3.8, 4) is 11.5 Å². The van der Waals surface area contributed by atoms with Gasteiger partial charge >= 0.3 is 0 Å². The molecule has 1 heterocycles. The summed E-state index contributed by atoms with van der Waals surface area (Å²) in [6, 6.07) is 8.90. The predicted molar refractivity (Wildman–Crippen MR) is 76.5 cm³/mol. The van der Waals surface area contributed by atoms with Crippen molar-refractivity contribution >= 4 is 5.78 Å². The topological polar surface area (TPSA) is 48.4 Å². The van der Waals surface area contributed by atoms with Gasteiger partial charge in [-0.25, -0.2) is 0 Å². The molecule has 0 radical (unpaired) electrons. The lowest BCUT2D eigenvalue weighted by molar-refractivity contribution is 0.0963. The Bertz CT molecular complexity index is 596. The van der Waals surface area contributed by atoms with Crippen LogP contribution < -0.4 is 9.47 Å². The van der Waals surface area contributed by atoms with E-state index >= 15 is 0 Å². The lowest BCUT2D eigenvalue weighted by Crippen LogP contribution is -2.11. The third-order valence-electron chi connectivity index (χ3n) is 3.27. The zero-order valence-corrected chi connectivity index (χ0v) is 11.8. The first kappa shape index (κ1) is 14.1. The summed E-state index contributed by atoms with van der Waals surface area (Å²) >= 11 is 0. The molecule has 0 aliphatic carbocycles. The van der Waals surface area contributed by atoms with Crippen molar-refractivity contribution in [1.29, 1.82) is 0 Å². The number of Topliss-reactive ketones (excluding diaryl/α,β-unsaturated/α-hetero) is 1. The zero-order chi connectivity index (χ0) is 14.5. The first-order valence-corrected chi connectivity index (χ1v) is 6.33. The number of pyridine rings is 1. The van der Waals surface area contributed by atoms with Crippen LogP contribution in [0.5, 0.6) is 11.5 Å². The van der Waals surface area contributed by atoms with E-state index in [1.54, 1.807) is 44.8 Å². The van der Waals surface area contributed by atoms with Crippen LogP contribution in [0.15, 0.2) is 42.7 Å². The van der Waals surface area contributed by atoms with E-state index in [9.17, 15) is 4.79 Å². The predicted octanol–water partition coefficient (Wildman–Crippen LogP) is 3.09. The molecule has 0 N–H and O–H groups in total. The van der Waals surface area contributed by atoms with Crippen molar-refractivity contribution in [2.24, 2.45) is 0 Å². The Kier molecular flexibility index (Phi) is 4.35. The molecule has 20 heavy (non-hydrogen) atoms. The summed E-state index contributed by atoms with van der Waals surface area (Å²) in [5.74, 6) is 0.946. The highest BCUT2D eigenvalue weighted by atomic mass is 16.5. The Morgan fingerprint density at radius 2 is 1.80 bits per heavy atom. The van der Waals surface area contributed by atoms with Crippen LogP contribution in [0.2, 0.25) is 0 Å².